The number of piperazine rings is 1. The van der Waals surface area contributed by atoms with E-state index in [1.165, 1.54) is 0 Å². The molecule has 0 spiro atoms. The third-order valence-corrected chi connectivity index (χ3v) is 5.79. The van der Waals surface area contributed by atoms with E-state index in [1.54, 1.807) is 11.1 Å². The standard InChI is InChI=1S/C26H31N3O5/c1-26(2,3)34-25(32)29-13-11-28(12-14-29)23(24(30)31)21-16-27-22-10-9-19(15-20(21)22)33-17-18-7-5-4-6-8-18/h4-10,15-16,23,27H,11-14,17H2,1-3H3,(H,30,31)/t23-/m0/s1. The van der Waals surface area contributed by atoms with E-state index in [0.29, 0.717) is 44.1 Å². The molecule has 2 aromatic carbocycles. The third kappa shape index (κ3) is 5.51. The summed E-state index contributed by atoms with van der Waals surface area (Å²) in [7, 11) is 0. The van der Waals surface area contributed by atoms with Crippen molar-refractivity contribution < 1.29 is 24.2 Å². The number of H-pyrrole nitrogens is 1. The number of carbonyl (C=O) groups is 2. The zero-order valence-electron chi connectivity index (χ0n) is 19.8. The van der Waals surface area contributed by atoms with Gasteiger partial charge < -0.3 is 24.5 Å². The lowest BCUT2D eigenvalue weighted by molar-refractivity contribution is -0.144. The zero-order chi connectivity index (χ0) is 24.3. The molecule has 0 aliphatic carbocycles. The van der Waals surface area contributed by atoms with Gasteiger partial charge in [-0.25, -0.2) is 4.79 Å². The molecule has 0 saturated carbocycles. The summed E-state index contributed by atoms with van der Waals surface area (Å²) in [5, 5.41) is 10.9. The van der Waals surface area contributed by atoms with Crippen molar-refractivity contribution in [3.05, 3.63) is 65.9 Å². The average Bonchev–Trinajstić information content (AvgIpc) is 3.20. The van der Waals surface area contributed by atoms with Crippen LogP contribution < -0.4 is 4.74 Å². The maximum atomic E-state index is 12.4. The number of hydrogen-bond donors (Lipinski definition) is 2. The number of hydrogen-bond acceptors (Lipinski definition) is 5. The Morgan fingerprint density at radius 1 is 1.06 bits per heavy atom. The summed E-state index contributed by atoms with van der Waals surface area (Å²) in [6, 6.07) is 14.7. The molecule has 1 aliphatic rings. The van der Waals surface area contributed by atoms with Crippen molar-refractivity contribution in [1.29, 1.82) is 0 Å². The van der Waals surface area contributed by atoms with Crippen molar-refractivity contribution in [2.24, 2.45) is 0 Å². The summed E-state index contributed by atoms with van der Waals surface area (Å²) in [5.41, 5.74) is 2.02. The van der Waals surface area contributed by atoms with Gasteiger partial charge in [0.25, 0.3) is 0 Å². The Morgan fingerprint density at radius 3 is 2.41 bits per heavy atom. The second-order valence-corrected chi connectivity index (χ2v) is 9.47. The summed E-state index contributed by atoms with van der Waals surface area (Å²) in [6.07, 6.45) is 1.39. The highest BCUT2D eigenvalue weighted by molar-refractivity contribution is 5.90. The Labute approximate surface area is 199 Å². The Hall–Kier alpha value is -3.52. The van der Waals surface area contributed by atoms with Gasteiger partial charge in [-0.05, 0) is 44.5 Å². The molecule has 0 bridgehead atoms. The minimum Gasteiger partial charge on any atom is -0.489 e. The van der Waals surface area contributed by atoms with Crippen LogP contribution in [0.15, 0.2) is 54.7 Å². The van der Waals surface area contributed by atoms with E-state index in [2.05, 4.69) is 4.98 Å². The largest absolute Gasteiger partial charge is 0.489 e. The maximum Gasteiger partial charge on any atom is 0.410 e. The number of ether oxygens (including phenoxy) is 2. The van der Waals surface area contributed by atoms with Crippen LogP contribution in [-0.2, 0) is 16.1 Å². The summed E-state index contributed by atoms with van der Waals surface area (Å²) >= 11 is 0. The topological polar surface area (TPSA) is 95.1 Å². The van der Waals surface area contributed by atoms with E-state index in [9.17, 15) is 14.7 Å². The number of nitrogens with zero attached hydrogens (tertiary/aromatic N) is 2. The second kappa shape index (κ2) is 9.77. The van der Waals surface area contributed by atoms with Crippen LogP contribution in [0.4, 0.5) is 4.79 Å². The van der Waals surface area contributed by atoms with Crippen LogP contribution in [0.25, 0.3) is 10.9 Å². The molecular weight excluding hydrogens is 434 g/mol. The van der Waals surface area contributed by atoms with Gasteiger partial charge >= 0.3 is 12.1 Å². The van der Waals surface area contributed by atoms with Crippen LogP contribution in [0.5, 0.6) is 5.75 Å². The highest BCUT2D eigenvalue weighted by Crippen LogP contribution is 2.32. The fourth-order valence-corrected chi connectivity index (χ4v) is 4.15. The molecule has 1 amide bonds. The first-order valence-corrected chi connectivity index (χ1v) is 11.4. The third-order valence-electron chi connectivity index (χ3n) is 5.79. The van der Waals surface area contributed by atoms with Crippen molar-refractivity contribution in [3.63, 3.8) is 0 Å². The number of aromatic nitrogens is 1. The van der Waals surface area contributed by atoms with Crippen molar-refractivity contribution in [1.82, 2.24) is 14.8 Å². The summed E-state index contributed by atoms with van der Waals surface area (Å²) in [5.74, 6) is -0.252. The second-order valence-electron chi connectivity index (χ2n) is 9.47. The van der Waals surface area contributed by atoms with Gasteiger partial charge in [-0.1, -0.05) is 30.3 Å². The number of rotatable bonds is 6. The fraction of sp³-hybridized carbons (Fsp3) is 0.385. The highest BCUT2D eigenvalue weighted by atomic mass is 16.6. The molecule has 1 aliphatic heterocycles. The molecule has 0 unspecified atom stereocenters. The van der Waals surface area contributed by atoms with Crippen LogP contribution in [0.2, 0.25) is 0 Å². The quantitative estimate of drug-likeness (QED) is 0.559. The van der Waals surface area contributed by atoms with E-state index < -0.39 is 17.6 Å². The lowest BCUT2D eigenvalue weighted by atomic mass is 10.0. The van der Waals surface area contributed by atoms with Gasteiger partial charge in [0, 0.05) is 48.8 Å². The number of amides is 1. The number of aliphatic carboxylic acids is 1. The van der Waals surface area contributed by atoms with Crippen LogP contribution in [-0.4, -0.2) is 63.7 Å². The number of nitrogens with one attached hydrogen (secondary N) is 1. The molecule has 1 aromatic heterocycles. The Morgan fingerprint density at radius 2 is 1.76 bits per heavy atom. The van der Waals surface area contributed by atoms with Gasteiger partial charge in [0.05, 0.1) is 0 Å². The van der Waals surface area contributed by atoms with Crippen molar-refractivity contribution in [2.75, 3.05) is 26.2 Å². The van der Waals surface area contributed by atoms with Crippen molar-refractivity contribution >= 4 is 23.0 Å². The molecule has 34 heavy (non-hydrogen) atoms. The maximum absolute atomic E-state index is 12.4. The molecule has 3 aromatic rings. The SMILES string of the molecule is CC(C)(C)OC(=O)N1CCN([C@H](C(=O)O)c2c[nH]c3ccc(OCc4ccccc4)cc23)CC1. The smallest absolute Gasteiger partial charge is 0.410 e. The number of benzene rings is 2. The number of carboxylic acids is 1. The Bertz CT molecular complexity index is 1140. The van der Waals surface area contributed by atoms with Gasteiger partial charge in [0.1, 0.15) is 24.0 Å². The Kier molecular flexibility index (Phi) is 6.79. The van der Waals surface area contributed by atoms with Crippen molar-refractivity contribution in [2.45, 2.75) is 39.0 Å². The monoisotopic (exact) mass is 465 g/mol. The first kappa shape index (κ1) is 23.6. The molecule has 2 heterocycles. The summed E-state index contributed by atoms with van der Waals surface area (Å²) in [6.45, 7) is 7.61. The average molecular weight is 466 g/mol. The van der Waals surface area contributed by atoms with E-state index in [4.69, 9.17) is 9.47 Å². The van der Waals surface area contributed by atoms with Crippen LogP contribution >= 0.6 is 0 Å². The Balaban J connectivity index is 1.49. The molecule has 8 heteroatoms. The van der Waals surface area contributed by atoms with E-state index in [0.717, 1.165) is 16.5 Å². The molecule has 0 radical (unpaired) electrons. The van der Waals surface area contributed by atoms with E-state index in [-0.39, 0.29) is 6.09 Å². The molecule has 180 valence electrons. The van der Waals surface area contributed by atoms with E-state index >= 15 is 0 Å². The fourth-order valence-electron chi connectivity index (χ4n) is 4.15. The van der Waals surface area contributed by atoms with Gasteiger partial charge in [0.15, 0.2) is 0 Å². The van der Waals surface area contributed by atoms with Crippen LogP contribution in [0.3, 0.4) is 0 Å². The molecule has 1 atom stereocenters. The van der Waals surface area contributed by atoms with Crippen molar-refractivity contribution in [3.8, 4) is 5.75 Å². The molecule has 4 rings (SSSR count). The van der Waals surface area contributed by atoms with Crippen LogP contribution in [0.1, 0.15) is 37.9 Å². The van der Waals surface area contributed by atoms with Crippen LogP contribution in [0, 0.1) is 0 Å². The number of carboxylic acid groups (broad SMARTS) is 1. The normalized spacial score (nSPS) is 15.8. The molecule has 1 saturated heterocycles. The first-order valence-electron chi connectivity index (χ1n) is 11.4. The molecule has 1 fully saturated rings. The van der Waals surface area contributed by atoms with Gasteiger partial charge in [-0.2, -0.15) is 0 Å². The van der Waals surface area contributed by atoms with Gasteiger partial charge in [0.2, 0.25) is 0 Å². The number of carbonyl (C=O) groups excluding carboxylic acids is 1. The lowest BCUT2D eigenvalue weighted by Crippen LogP contribution is -2.51. The van der Waals surface area contributed by atoms with Gasteiger partial charge in [-0.15, -0.1) is 0 Å². The molecule has 8 nitrogen and oxygen atoms in total. The molecular formula is C26H31N3O5. The number of fused-ring (bicyclic) bond motifs is 1. The summed E-state index contributed by atoms with van der Waals surface area (Å²) in [4.78, 5) is 31.4. The minimum atomic E-state index is -0.928. The predicted molar refractivity (Wildman–Crippen MR) is 129 cm³/mol. The highest BCUT2D eigenvalue weighted by Gasteiger charge is 2.34. The number of aromatic amines is 1. The minimum absolute atomic E-state index is 0.369. The first-order chi connectivity index (χ1) is 16.2. The summed E-state index contributed by atoms with van der Waals surface area (Å²) < 4.78 is 11.4. The lowest BCUT2D eigenvalue weighted by Gasteiger charge is -2.38. The molecule has 2 N–H and O–H groups in total. The predicted octanol–water partition coefficient (Wildman–Crippen LogP) is 4.43. The van der Waals surface area contributed by atoms with E-state index in [1.807, 2.05) is 74.2 Å². The van der Waals surface area contributed by atoms with Gasteiger partial charge in [-0.3, -0.25) is 9.69 Å². The zero-order valence-corrected chi connectivity index (χ0v) is 19.8.